The van der Waals surface area contributed by atoms with E-state index in [0.29, 0.717) is 24.9 Å². The number of hydrogen-bond acceptors (Lipinski definition) is 10. The van der Waals surface area contributed by atoms with Crippen molar-refractivity contribution in [3.8, 4) is 17.2 Å². The van der Waals surface area contributed by atoms with Gasteiger partial charge in [0.2, 0.25) is 0 Å². The third kappa shape index (κ3) is 4.90. The fraction of sp³-hybridized carbons (Fsp3) is 0.553. The van der Waals surface area contributed by atoms with Gasteiger partial charge in [0.05, 0.1) is 22.9 Å². The van der Waals surface area contributed by atoms with Crippen molar-refractivity contribution in [3.05, 3.63) is 57.9 Å². The van der Waals surface area contributed by atoms with Gasteiger partial charge in [-0.05, 0) is 92.9 Å². The van der Waals surface area contributed by atoms with E-state index in [1.54, 1.807) is 25.2 Å². The lowest BCUT2D eigenvalue weighted by molar-refractivity contribution is -0.171. The summed E-state index contributed by atoms with van der Waals surface area (Å²) in [6.45, 7) is 14.6. The number of phenolic OH excluding ortho intramolecular Hbond substituents is 1. The van der Waals surface area contributed by atoms with Crippen LogP contribution in [0.1, 0.15) is 103 Å². The Morgan fingerprint density at radius 3 is 2.48 bits per heavy atom. The van der Waals surface area contributed by atoms with Crippen molar-refractivity contribution in [2.24, 2.45) is 11.8 Å². The molecule has 1 saturated carbocycles. The van der Waals surface area contributed by atoms with Crippen LogP contribution in [-0.4, -0.2) is 67.5 Å². The summed E-state index contributed by atoms with van der Waals surface area (Å²) in [5, 5.41) is 33.9. The van der Waals surface area contributed by atoms with Gasteiger partial charge in [-0.2, -0.15) is 0 Å². The van der Waals surface area contributed by atoms with Gasteiger partial charge >= 0.3 is 0 Å². The second-order valence-corrected chi connectivity index (χ2v) is 15.5. The molecule has 10 nitrogen and oxygen atoms in total. The van der Waals surface area contributed by atoms with Crippen LogP contribution in [0.2, 0.25) is 0 Å². The molecular weight excluding hydrogens is 616 g/mol. The Morgan fingerprint density at radius 1 is 1.12 bits per heavy atom. The molecule has 0 radical (unpaired) electrons. The second kappa shape index (κ2) is 11.1. The number of aliphatic hydroxyl groups excluding tert-OH is 1. The van der Waals surface area contributed by atoms with E-state index in [-0.39, 0.29) is 58.3 Å². The quantitative estimate of drug-likeness (QED) is 0.168. The molecule has 3 heterocycles. The Balaban J connectivity index is 1.59. The minimum atomic E-state index is -1.66. The number of fused-ring (bicyclic) bond motifs is 2. The van der Waals surface area contributed by atoms with Crippen molar-refractivity contribution in [1.29, 1.82) is 0 Å². The van der Waals surface area contributed by atoms with Gasteiger partial charge in [0.1, 0.15) is 34.2 Å². The number of ketones is 2. The Hall–Kier alpha value is -3.73. The zero-order chi connectivity index (χ0) is 35.2. The number of ether oxygens (including phenoxy) is 4. The zero-order valence-electron chi connectivity index (χ0n) is 28.9. The molecule has 1 aromatic carbocycles. The average Bonchev–Trinajstić information content (AvgIpc) is 3.14. The van der Waals surface area contributed by atoms with E-state index < -0.39 is 51.7 Å². The molecule has 1 saturated heterocycles. The van der Waals surface area contributed by atoms with E-state index in [0.717, 1.165) is 6.42 Å². The fourth-order valence-corrected chi connectivity index (χ4v) is 8.34. The summed E-state index contributed by atoms with van der Waals surface area (Å²) < 4.78 is 25.5. The summed E-state index contributed by atoms with van der Waals surface area (Å²) in [5.41, 5.74) is -4.63. The molecular formula is C38H46O10. The molecule has 10 heteroatoms. The van der Waals surface area contributed by atoms with E-state index in [9.17, 15) is 29.7 Å². The highest BCUT2D eigenvalue weighted by atomic mass is 16.6. The Bertz CT molecular complexity index is 1720. The summed E-state index contributed by atoms with van der Waals surface area (Å²) in [6, 6.07) is 0. The van der Waals surface area contributed by atoms with Gasteiger partial charge in [-0.3, -0.25) is 14.4 Å². The molecule has 7 rings (SSSR count). The highest BCUT2D eigenvalue weighted by Crippen LogP contribution is 2.68. The number of aromatic hydroxyl groups is 1. The molecule has 3 aliphatic heterocycles. The van der Waals surface area contributed by atoms with Crippen LogP contribution >= 0.6 is 0 Å². The molecule has 4 bridgehead atoms. The number of hydrogen-bond donors (Lipinski definition) is 3. The zero-order valence-corrected chi connectivity index (χ0v) is 28.9. The van der Waals surface area contributed by atoms with Gasteiger partial charge in [-0.15, -0.1) is 0 Å². The van der Waals surface area contributed by atoms with Crippen molar-refractivity contribution in [2.75, 3.05) is 0 Å². The number of carbonyl (C=O) groups is 3. The van der Waals surface area contributed by atoms with Crippen molar-refractivity contribution in [3.63, 3.8) is 0 Å². The van der Waals surface area contributed by atoms with Crippen LogP contribution in [0.4, 0.5) is 0 Å². The number of aliphatic hydroxyl groups is 2. The fourth-order valence-electron chi connectivity index (χ4n) is 8.34. The lowest BCUT2D eigenvalue weighted by Gasteiger charge is -2.56. The number of Topliss-reactive ketones (excluding diaryl/α,β-unsaturated/α-hetero) is 2. The third-order valence-electron chi connectivity index (χ3n) is 10.9. The Morgan fingerprint density at radius 2 is 1.83 bits per heavy atom. The van der Waals surface area contributed by atoms with Gasteiger partial charge in [-0.25, -0.2) is 0 Å². The van der Waals surface area contributed by atoms with Crippen LogP contribution in [-0.2, 0) is 25.5 Å². The number of carbonyl (C=O) groups excluding carboxylic acids is 3. The van der Waals surface area contributed by atoms with Crippen LogP contribution in [0.15, 0.2) is 41.2 Å². The van der Waals surface area contributed by atoms with Crippen LogP contribution < -0.4 is 9.47 Å². The van der Waals surface area contributed by atoms with E-state index in [4.69, 9.17) is 18.9 Å². The van der Waals surface area contributed by atoms with E-state index in [1.807, 2.05) is 40.7 Å². The average molecular weight is 663 g/mol. The SMILES string of the molecule is CC(C)=CCC[C@@]1(C)C=Cc2c(O)c3c(c(CC(O)C(C)(C)O)c2O1)O[C@]12C(=CC4CC1C(C)(C)OC2(CC=C(C)OC=O)C4=O)C3=O. The monoisotopic (exact) mass is 662 g/mol. The minimum Gasteiger partial charge on any atom is -0.506 e. The van der Waals surface area contributed by atoms with Crippen molar-refractivity contribution in [1.82, 2.24) is 0 Å². The van der Waals surface area contributed by atoms with Gasteiger partial charge in [0, 0.05) is 35.8 Å². The maximum Gasteiger partial charge on any atom is 0.298 e. The first-order chi connectivity index (χ1) is 22.3. The van der Waals surface area contributed by atoms with Crippen LogP contribution in [0.25, 0.3) is 6.08 Å². The first-order valence-electron chi connectivity index (χ1n) is 16.6. The predicted octanol–water partition coefficient (Wildman–Crippen LogP) is 5.45. The van der Waals surface area contributed by atoms with Crippen molar-refractivity contribution >= 4 is 24.1 Å². The highest BCUT2D eigenvalue weighted by Gasteiger charge is 2.81. The maximum absolute atomic E-state index is 14.8. The first-order valence-corrected chi connectivity index (χ1v) is 16.6. The number of benzene rings is 1. The molecule has 0 amide bonds. The molecule has 1 spiro atoms. The van der Waals surface area contributed by atoms with Gasteiger partial charge < -0.3 is 34.3 Å². The standard InChI is InChI=1S/C38H46O10/c1-20(2)10-9-13-36(8)14-12-23-29(41)28-30(42)25-16-22-17-26-35(6,7)48-37(33(22)43,15-11-21(3)45-19-39)38(25,26)47-32(28)24(31(23)46-36)18-27(40)34(4,5)44/h10-12,14,16,19,22,26-27,40-41,44H,9,13,15,17-18H2,1-8H3/t22?,26?,27?,36-,37?,38+/m0/s1. The smallest absolute Gasteiger partial charge is 0.298 e. The first kappa shape index (κ1) is 34.1. The molecule has 2 fully saturated rings. The minimum absolute atomic E-state index is 0.00711. The molecule has 6 aliphatic rings. The molecule has 3 aliphatic carbocycles. The summed E-state index contributed by atoms with van der Waals surface area (Å²) in [6.07, 6.45) is 9.12. The Labute approximate surface area is 281 Å². The summed E-state index contributed by atoms with van der Waals surface area (Å²) in [7, 11) is 0. The number of rotatable bonds is 10. The molecule has 0 aromatic heterocycles. The lowest BCUT2D eigenvalue weighted by atomic mass is 9.51. The van der Waals surface area contributed by atoms with E-state index >= 15 is 0 Å². The van der Waals surface area contributed by atoms with Crippen molar-refractivity contribution < 1.29 is 48.7 Å². The molecule has 1 aromatic rings. The van der Waals surface area contributed by atoms with Crippen LogP contribution in [0.3, 0.4) is 0 Å². The van der Waals surface area contributed by atoms with E-state index in [2.05, 4.69) is 6.08 Å². The predicted molar refractivity (Wildman–Crippen MR) is 177 cm³/mol. The van der Waals surface area contributed by atoms with Gasteiger partial charge in [0.15, 0.2) is 22.8 Å². The summed E-state index contributed by atoms with van der Waals surface area (Å²) in [4.78, 5) is 40.2. The summed E-state index contributed by atoms with van der Waals surface area (Å²) in [5.74, 6) is -1.65. The van der Waals surface area contributed by atoms with Gasteiger partial charge in [-0.1, -0.05) is 17.7 Å². The van der Waals surface area contributed by atoms with Gasteiger partial charge in [0.25, 0.3) is 6.47 Å². The topological polar surface area (TPSA) is 149 Å². The normalized spacial score (nSPS) is 31.5. The lowest BCUT2D eigenvalue weighted by Crippen LogP contribution is -2.72. The second-order valence-electron chi connectivity index (χ2n) is 15.5. The number of phenols is 1. The highest BCUT2D eigenvalue weighted by molar-refractivity contribution is 6.19. The maximum atomic E-state index is 14.8. The molecule has 6 atom stereocenters. The largest absolute Gasteiger partial charge is 0.506 e. The van der Waals surface area contributed by atoms with Crippen LogP contribution in [0.5, 0.6) is 17.2 Å². The van der Waals surface area contributed by atoms with E-state index in [1.165, 1.54) is 19.4 Å². The number of allylic oxidation sites excluding steroid dienone is 4. The third-order valence-corrected chi connectivity index (χ3v) is 10.9. The molecule has 258 valence electrons. The summed E-state index contributed by atoms with van der Waals surface area (Å²) >= 11 is 0. The Kier molecular flexibility index (Phi) is 7.93. The molecule has 4 unspecified atom stereocenters. The molecule has 3 N–H and O–H groups in total. The molecule has 48 heavy (non-hydrogen) atoms. The van der Waals surface area contributed by atoms with Crippen LogP contribution in [0, 0.1) is 11.8 Å². The van der Waals surface area contributed by atoms with Crippen molar-refractivity contribution in [2.45, 2.75) is 122 Å².